The fourth-order valence-corrected chi connectivity index (χ4v) is 4.77. The molecule has 0 atom stereocenters. The monoisotopic (exact) mass is 560 g/mol. The van der Waals surface area contributed by atoms with Crippen molar-refractivity contribution in [2.24, 2.45) is 0 Å². The molecule has 4 rings (SSSR count). The number of nitrogens with zero attached hydrogens (tertiary/aromatic N) is 2. The summed E-state index contributed by atoms with van der Waals surface area (Å²) in [6.45, 7) is 5.75. The Labute approximate surface area is 241 Å². The predicted molar refractivity (Wildman–Crippen MR) is 162 cm³/mol. The van der Waals surface area contributed by atoms with Crippen molar-refractivity contribution in [1.29, 1.82) is 0 Å². The molecule has 0 radical (unpaired) electrons. The van der Waals surface area contributed by atoms with Crippen molar-refractivity contribution in [1.82, 2.24) is 14.8 Å². The number of carbonyl (C=O) groups is 2. The number of anilines is 1. The van der Waals surface area contributed by atoms with Crippen LogP contribution in [0, 0.1) is 13.8 Å². The molecule has 3 aromatic carbocycles. The van der Waals surface area contributed by atoms with Crippen LogP contribution in [0.4, 0.5) is 10.5 Å². The minimum Gasteiger partial charge on any atom is -0.385 e. The van der Waals surface area contributed by atoms with Gasteiger partial charge in [0.2, 0.25) is 5.91 Å². The molecule has 0 unspecified atom stereocenters. The second kappa shape index (κ2) is 14.0. The molecule has 2 N–H and O–H groups in total. The number of hydrogen-bond acceptors (Lipinski definition) is 3. The summed E-state index contributed by atoms with van der Waals surface area (Å²) in [4.78, 5) is 33.8. The normalized spacial score (nSPS) is 11.0. The Kier molecular flexibility index (Phi) is 10.2. The third-order valence-corrected chi connectivity index (χ3v) is 7.39. The number of urea groups is 1. The first kappa shape index (κ1) is 29.2. The van der Waals surface area contributed by atoms with Gasteiger partial charge in [-0.05, 0) is 61.6 Å². The fourth-order valence-electron chi connectivity index (χ4n) is 4.59. The summed E-state index contributed by atoms with van der Waals surface area (Å²) in [6, 6.07) is 21.4. The number of rotatable bonds is 12. The van der Waals surface area contributed by atoms with Crippen molar-refractivity contribution >= 4 is 40.1 Å². The summed E-state index contributed by atoms with van der Waals surface area (Å²) in [7, 11) is 1.62. The largest absolute Gasteiger partial charge is 0.385 e. The zero-order valence-corrected chi connectivity index (χ0v) is 24.1. The Morgan fingerprint density at radius 3 is 2.50 bits per heavy atom. The first-order chi connectivity index (χ1) is 19.3. The molecule has 0 spiro atoms. The summed E-state index contributed by atoms with van der Waals surface area (Å²) >= 11 is 6.26. The van der Waals surface area contributed by atoms with Crippen LogP contribution in [0.5, 0.6) is 0 Å². The number of benzene rings is 3. The molecule has 0 saturated heterocycles. The molecule has 40 heavy (non-hydrogen) atoms. The number of aryl methyl sites for hydroxylation is 2. The molecular weight excluding hydrogens is 524 g/mol. The van der Waals surface area contributed by atoms with E-state index in [1.807, 2.05) is 61.3 Å². The van der Waals surface area contributed by atoms with Gasteiger partial charge >= 0.3 is 6.03 Å². The van der Waals surface area contributed by atoms with E-state index in [-0.39, 0.29) is 18.5 Å². The van der Waals surface area contributed by atoms with Gasteiger partial charge in [0.25, 0.3) is 0 Å². The Hall–Kier alpha value is -3.81. The molecule has 0 aliphatic rings. The summed E-state index contributed by atoms with van der Waals surface area (Å²) in [5.74, 6) is -0.116. The minimum absolute atomic E-state index is 0.0467. The number of methoxy groups -OCH3 is 1. The maximum atomic E-state index is 13.8. The van der Waals surface area contributed by atoms with Crippen molar-refractivity contribution in [3.8, 4) is 0 Å². The number of carbonyl (C=O) groups excluding carboxylic acids is 2. The van der Waals surface area contributed by atoms with E-state index in [0.717, 1.165) is 33.2 Å². The van der Waals surface area contributed by atoms with Gasteiger partial charge in [0.1, 0.15) is 6.54 Å². The van der Waals surface area contributed by atoms with Gasteiger partial charge in [-0.1, -0.05) is 65.7 Å². The van der Waals surface area contributed by atoms with Gasteiger partial charge in [-0.3, -0.25) is 4.79 Å². The molecule has 0 aliphatic carbocycles. The van der Waals surface area contributed by atoms with Crippen molar-refractivity contribution in [2.45, 2.75) is 33.2 Å². The van der Waals surface area contributed by atoms with Gasteiger partial charge in [0.15, 0.2) is 0 Å². The highest BCUT2D eigenvalue weighted by Gasteiger charge is 2.22. The lowest BCUT2D eigenvalue weighted by Crippen LogP contribution is -2.45. The van der Waals surface area contributed by atoms with Crippen molar-refractivity contribution in [3.05, 3.63) is 100 Å². The lowest BCUT2D eigenvalue weighted by Gasteiger charge is -2.28. The quantitative estimate of drug-likeness (QED) is 0.192. The summed E-state index contributed by atoms with van der Waals surface area (Å²) in [6.07, 6.45) is 3.31. The standard InChI is InChI=1S/C32H37ClN4O3/c1-23-9-12-25(13-10-23)21-36(17-15-26-20-34-30-8-5-4-7-28(26)30)31(38)22-37(16-6-18-40-3)32(39)35-27-14-11-24(2)29(33)19-27/h4-5,7-14,19-20,34H,6,15-18,21-22H2,1-3H3,(H,35,39). The zero-order valence-electron chi connectivity index (χ0n) is 23.4. The lowest BCUT2D eigenvalue weighted by atomic mass is 10.1. The number of fused-ring (bicyclic) bond motifs is 1. The van der Waals surface area contributed by atoms with Crippen LogP contribution in [0.2, 0.25) is 5.02 Å². The minimum atomic E-state index is -0.351. The number of aromatic nitrogens is 1. The molecular formula is C32H37ClN4O3. The zero-order chi connectivity index (χ0) is 28.5. The maximum absolute atomic E-state index is 13.8. The molecule has 0 fully saturated rings. The van der Waals surface area contributed by atoms with Crippen LogP contribution < -0.4 is 5.32 Å². The molecule has 1 heterocycles. The van der Waals surface area contributed by atoms with Gasteiger partial charge in [0.05, 0.1) is 0 Å². The molecule has 4 aromatic rings. The summed E-state index contributed by atoms with van der Waals surface area (Å²) in [5, 5.41) is 4.62. The van der Waals surface area contributed by atoms with E-state index in [1.54, 1.807) is 24.1 Å². The molecule has 3 amide bonds. The van der Waals surface area contributed by atoms with Gasteiger partial charge in [-0.25, -0.2) is 4.79 Å². The topological polar surface area (TPSA) is 77.7 Å². The van der Waals surface area contributed by atoms with Crippen LogP contribution in [0.3, 0.4) is 0 Å². The Balaban J connectivity index is 1.51. The number of ether oxygens (including phenoxy) is 1. The average molecular weight is 561 g/mol. The molecule has 0 saturated carbocycles. The molecule has 8 heteroatoms. The maximum Gasteiger partial charge on any atom is 0.322 e. The van der Waals surface area contributed by atoms with E-state index >= 15 is 0 Å². The van der Waals surface area contributed by atoms with Crippen molar-refractivity contribution in [2.75, 3.05) is 38.7 Å². The molecule has 1 aromatic heterocycles. The van der Waals surface area contributed by atoms with Gasteiger partial charge in [0, 0.05) is 61.2 Å². The van der Waals surface area contributed by atoms with Crippen molar-refractivity contribution in [3.63, 3.8) is 0 Å². The smallest absolute Gasteiger partial charge is 0.322 e. The van der Waals surface area contributed by atoms with E-state index in [1.165, 1.54) is 0 Å². The third-order valence-electron chi connectivity index (χ3n) is 6.99. The number of amides is 3. The number of para-hydroxylation sites is 1. The Morgan fingerprint density at radius 1 is 0.975 bits per heavy atom. The second-order valence-electron chi connectivity index (χ2n) is 10.1. The number of H-pyrrole nitrogens is 1. The van der Waals surface area contributed by atoms with Crippen LogP contribution in [-0.4, -0.2) is 60.1 Å². The molecule has 0 bridgehead atoms. The second-order valence-corrected chi connectivity index (χ2v) is 10.5. The van der Waals surface area contributed by atoms with Crippen LogP contribution in [0.25, 0.3) is 10.9 Å². The highest BCUT2D eigenvalue weighted by molar-refractivity contribution is 6.31. The van der Waals surface area contributed by atoms with E-state index in [9.17, 15) is 9.59 Å². The highest BCUT2D eigenvalue weighted by atomic mass is 35.5. The van der Waals surface area contributed by atoms with Gasteiger partial charge < -0.3 is 24.8 Å². The Bertz CT molecular complexity index is 1430. The first-order valence-electron chi connectivity index (χ1n) is 13.5. The third kappa shape index (κ3) is 7.87. The van der Waals surface area contributed by atoms with E-state index in [0.29, 0.717) is 49.8 Å². The summed E-state index contributed by atoms with van der Waals surface area (Å²) < 4.78 is 5.20. The predicted octanol–water partition coefficient (Wildman–Crippen LogP) is 6.58. The number of aromatic amines is 1. The number of hydrogen-bond donors (Lipinski definition) is 2. The molecule has 210 valence electrons. The van der Waals surface area contributed by atoms with Crippen LogP contribution in [0.15, 0.2) is 72.9 Å². The molecule has 7 nitrogen and oxygen atoms in total. The SMILES string of the molecule is COCCCN(CC(=O)N(CCc1c[nH]c2ccccc12)Cc1ccc(C)cc1)C(=O)Nc1ccc(C)c(Cl)c1. The van der Waals surface area contributed by atoms with Crippen LogP contribution >= 0.6 is 11.6 Å². The van der Waals surface area contributed by atoms with Crippen LogP contribution in [0.1, 0.15) is 28.7 Å². The fraction of sp³-hybridized carbons (Fsp3) is 0.312. The lowest BCUT2D eigenvalue weighted by molar-refractivity contribution is -0.132. The Morgan fingerprint density at radius 2 is 1.75 bits per heavy atom. The number of nitrogens with one attached hydrogen (secondary N) is 2. The van der Waals surface area contributed by atoms with Gasteiger partial charge in [-0.2, -0.15) is 0 Å². The van der Waals surface area contributed by atoms with Crippen LogP contribution in [-0.2, 0) is 22.5 Å². The van der Waals surface area contributed by atoms with Crippen molar-refractivity contribution < 1.29 is 14.3 Å². The van der Waals surface area contributed by atoms with E-state index < -0.39 is 0 Å². The van der Waals surface area contributed by atoms with E-state index in [2.05, 4.69) is 28.5 Å². The average Bonchev–Trinajstić information content (AvgIpc) is 3.36. The van der Waals surface area contributed by atoms with Gasteiger partial charge in [-0.15, -0.1) is 0 Å². The molecule has 0 aliphatic heterocycles. The summed E-state index contributed by atoms with van der Waals surface area (Å²) in [5.41, 5.74) is 5.95. The van der Waals surface area contributed by atoms with E-state index in [4.69, 9.17) is 16.3 Å². The number of halogens is 1. The highest BCUT2D eigenvalue weighted by Crippen LogP contribution is 2.21. The first-order valence-corrected chi connectivity index (χ1v) is 13.9.